The molecule has 0 fully saturated rings. The minimum atomic E-state index is -0.124. The Hall–Kier alpha value is -1.74. The molecular formula is C16H16ClNO2. The topological polar surface area (TPSA) is 31.4 Å². The fourth-order valence-corrected chi connectivity index (χ4v) is 2.47. The first-order valence-electron chi connectivity index (χ1n) is 6.67. The molecular weight excluding hydrogens is 274 g/mol. The van der Waals surface area contributed by atoms with Crippen LogP contribution in [-0.2, 0) is 6.42 Å². The van der Waals surface area contributed by atoms with Gasteiger partial charge in [0, 0.05) is 18.3 Å². The molecule has 1 atom stereocenters. The maximum Gasteiger partial charge on any atom is 0.161 e. The number of rotatable bonds is 3. The van der Waals surface area contributed by atoms with Crippen molar-refractivity contribution >= 4 is 11.6 Å². The van der Waals surface area contributed by atoms with Gasteiger partial charge in [-0.2, -0.15) is 0 Å². The number of pyridine rings is 1. The van der Waals surface area contributed by atoms with E-state index in [9.17, 15) is 0 Å². The summed E-state index contributed by atoms with van der Waals surface area (Å²) in [5.74, 6) is 1.56. The number of aryl methyl sites for hydroxylation is 1. The molecule has 1 aliphatic rings. The number of benzene rings is 1. The lowest BCUT2D eigenvalue weighted by molar-refractivity contribution is 0.171. The SMILES string of the molecule is Cc1ccc(CC(Cl)c2ccc3c(c2)OCCO3)nc1. The summed E-state index contributed by atoms with van der Waals surface area (Å²) >= 11 is 6.49. The molecule has 4 heteroatoms. The molecule has 104 valence electrons. The van der Waals surface area contributed by atoms with Crippen molar-refractivity contribution in [3.8, 4) is 11.5 Å². The van der Waals surface area contributed by atoms with Gasteiger partial charge in [0.05, 0.1) is 5.38 Å². The van der Waals surface area contributed by atoms with Crippen LogP contribution in [0.1, 0.15) is 22.2 Å². The second-order valence-electron chi connectivity index (χ2n) is 4.90. The molecule has 0 saturated heterocycles. The summed E-state index contributed by atoms with van der Waals surface area (Å²) in [6.07, 6.45) is 2.56. The molecule has 3 nitrogen and oxygen atoms in total. The maximum atomic E-state index is 6.49. The van der Waals surface area contributed by atoms with E-state index in [1.807, 2.05) is 37.4 Å². The van der Waals surface area contributed by atoms with E-state index in [4.69, 9.17) is 21.1 Å². The minimum Gasteiger partial charge on any atom is -0.486 e. The van der Waals surface area contributed by atoms with Gasteiger partial charge in [-0.05, 0) is 36.2 Å². The highest BCUT2D eigenvalue weighted by Gasteiger charge is 2.16. The molecule has 0 N–H and O–H groups in total. The van der Waals surface area contributed by atoms with Gasteiger partial charge in [-0.25, -0.2) is 0 Å². The first-order valence-corrected chi connectivity index (χ1v) is 7.11. The Bertz CT molecular complexity index is 598. The van der Waals surface area contributed by atoms with E-state index >= 15 is 0 Å². The fourth-order valence-electron chi connectivity index (χ4n) is 2.18. The number of nitrogens with zero attached hydrogens (tertiary/aromatic N) is 1. The van der Waals surface area contributed by atoms with Gasteiger partial charge in [0.1, 0.15) is 13.2 Å². The Morgan fingerprint density at radius 1 is 1.15 bits per heavy atom. The van der Waals surface area contributed by atoms with E-state index < -0.39 is 0 Å². The van der Waals surface area contributed by atoms with Gasteiger partial charge in [0.2, 0.25) is 0 Å². The van der Waals surface area contributed by atoms with Crippen molar-refractivity contribution in [2.75, 3.05) is 13.2 Å². The highest BCUT2D eigenvalue weighted by molar-refractivity contribution is 6.20. The van der Waals surface area contributed by atoms with Crippen LogP contribution in [0, 0.1) is 6.92 Å². The summed E-state index contributed by atoms with van der Waals surface area (Å²) in [6.45, 7) is 3.21. The Kier molecular flexibility index (Phi) is 3.79. The molecule has 1 unspecified atom stereocenters. The van der Waals surface area contributed by atoms with E-state index in [0.717, 1.165) is 28.3 Å². The van der Waals surface area contributed by atoms with E-state index in [1.54, 1.807) is 0 Å². The number of hydrogen-bond donors (Lipinski definition) is 0. The van der Waals surface area contributed by atoms with Crippen molar-refractivity contribution in [3.63, 3.8) is 0 Å². The van der Waals surface area contributed by atoms with Crippen LogP contribution in [0.5, 0.6) is 11.5 Å². The zero-order valence-corrected chi connectivity index (χ0v) is 12.1. The lowest BCUT2D eigenvalue weighted by Gasteiger charge is -2.20. The van der Waals surface area contributed by atoms with E-state index in [0.29, 0.717) is 19.6 Å². The van der Waals surface area contributed by atoms with E-state index in [1.165, 1.54) is 0 Å². The Balaban J connectivity index is 1.76. The molecule has 0 amide bonds. The first-order chi connectivity index (χ1) is 9.72. The predicted octanol–water partition coefficient (Wildman–Crippen LogP) is 3.68. The van der Waals surface area contributed by atoms with Crippen LogP contribution in [0.25, 0.3) is 0 Å². The first kappa shape index (κ1) is 13.3. The predicted molar refractivity (Wildman–Crippen MR) is 78.7 cm³/mol. The van der Waals surface area contributed by atoms with Gasteiger partial charge in [-0.15, -0.1) is 11.6 Å². The number of fused-ring (bicyclic) bond motifs is 1. The molecule has 2 aromatic rings. The molecule has 1 aromatic heterocycles. The molecule has 1 aliphatic heterocycles. The summed E-state index contributed by atoms with van der Waals surface area (Å²) in [5, 5.41) is -0.124. The number of aromatic nitrogens is 1. The molecule has 3 rings (SSSR count). The van der Waals surface area contributed by atoms with Gasteiger partial charge in [0.15, 0.2) is 11.5 Å². The maximum absolute atomic E-state index is 6.49. The van der Waals surface area contributed by atoms with Gasteiger partial charge in [0.25, 0.3) is 0 Å². The van der Waals surface area contributed by atoms with Crippen LogP contribution in [0.2, 0.25) is 0 Å². The van der Waals surface area contributed by atoms with Crippen molar-refractivity contribution in [2.45, 2.75) is 18.7 Å². The van der Waals surface area contributed by atoms with Crippen LogP contribution in [0.4, 0.5) is 0 Å². The van der Waals surface area contributed by atoms with Crippen molar-refractivity contribution in [3.05, 3.63) is 53.3 Å². The zero-order chi connectivity index (χ0) is 13.9. The molecule has 1 aromatic carbocycles. The van der Waals surface area contributed by atoms with Gasteiger partial charge >= 0.3 is 0 Å². The standard InChI is InChI=1S/C16H16ClNO2/c1-11-2-4-13(18-10-11)9-14(17)12-3-5-15-16(8-12)20-7-6-19-15/h2-5,8,10,14H,6-7,9H2,1H3. The molecule has 0 radical (unpaired) electrons. The van der Waals surface area contributed by atoms with Gasteiger partial charge in [-0.1, -0.05) is 12.1 Å². The van der Waals surface area contributed by atoms with Crippen molar-refractivity contribution in [1.29, 1.82) is 0 Å². The van der Waals surface area contributed by atoms with Crippen LogP contribution < -0.4 is 9.47 Å². The number of halogens is 1. The third kappa shape index (κ3) is 2.88. The Morgan fingerprint density at radius 2 is 1.95 bits per heavy atom. The number of ether oxygens (including phenoxy) is 2. The molecule has 20 heavy (non-hydrogen) atoms. The lowest BCUT2D eigenvalue weighted by Crippen LogP contribution is -2.15. The van der Waals surface area contributed by atoms with Crippen LogP contribution >= 0.6 is 11.6 Å². The fraction of sp³-hybridized carbons (Fsp3) is 0.312. The third-order valence-electron chi connectivity index (χ3n) is 3.29. The average molecular weight is 290 g/mol. The highest BCUT2D eigenvalue weighted by Crippen LogP contribution is 2.35. The van der Waals surface area contributed by atoms with Crippen molar-refractivity contribution < 1.29 is 9.47 Å². The summed E-state index contributed by atoms with van der Waals surface area (Å²) in [5.41, 5.74) is 3.17. The highest BCUT2D eigenvalue weighted by atomic mass is 35.5. The van der Waals surface area contributed by atoms with Gasteiger partial charge in [-0.3, -0.25) is 4.98 Å². The molecule has 0 spiro atoms. The van der Waals surface area contributed by atoms with Gasteiger partial charge < -0.3 is 9.47 Å². The molecule has 2 heterocycles. The number of hydrogen-bond acceptors (Lipinski definition) is 3. The van der Waals surface area contributed by atoms with Crippen LogP contribution in [0.3, 0.4) is 0 Å². The molecule has 0 aliphatic carbocycles. The average Bonchev–Trinajstić information content (AvgIpc) is 2.49. The Labute approximate surface area is 123 Å². The second-order valence-corrected chi connectivity index (χ2v) is 5.43. The van der Waals surface area contributed by atoms with Crippen molar-refractivity contribution in [2.24, 2.45) is 0 Å². The largest absolute Gasteiger partial charge is 0.486 e. The van der Waals surface area contributed by atoms with Crippen LogP contribution in [0.15, 0.2) is 36.5 Å². The van der Waals surface area contributed by atoms with Crippen molar-refractivity contribution in [1.82, 2.24) is 4.98 Å². The molecule has 0 bridgehead atoms. The molecule has 0 saturated carbocycles. The normalized spacial score (nSPS) is 14.9. The van der Waals surface area contributed by atoms with Crippen LogP contribution in [-0.4, -0.2) is 18.2 Å². The quantitative estimate of drug-likeness (QED) is 0.808. The summed E-state index contributed by atoms with van der Waals surface area (Å²) in [7, 11) is 0. The second kappa shape index (κ2) is 5.71. The van der Waals surface area contributed by atoms with E-state index in [-0.39, 0.29) is 5.38 Å². The number of alkyl halides is 1. The lowest BCUT2D eigenvalue weighted by atomic mass is 10.1. The Morgan fingerprint density at radius 3 is 2.70 bits per heavy atom. The summed E-state index contributed by atoms with van der Waals surface area (Å²) in [4.78, 5) is 4.39. The summed E-state index contributed by atoms with van der Waals surface area (Å²) in [6, 6.07) is 9.93. The summed E-state index contributed by atoms with van der Waals surface area (Å²) < 4.78 is 11.1. The minimum absolute atomic E-state index is 0.124. The third-order valence-corrected chi connectivity index (χ3v) is 3.70. The van der Waals surface area contributed by atoms with E-state index in [2.05, 4.69) is 11.1 Å². The smallest absolute Gasteiger partial charge is 0.161 e. The zero-order valence-electron chi connectivity index (χ0n) is 11.3. The monoisotopic (exact) mass is 289 g/mol.